The Balaban J connectivity index is 3.55. The Morgan fingerprint density at radius 1 is 1.20 bits per heavy atom. The van der Waals surface area contributed by atoms with Crippen LogP contribution in [0, 0.1) is 0 Å². The molecule has 0 aromatic rings. The molecule has 0 aromatic carbocycles. The summed E-state index contributed by atoms with van der Waals surface area (Å²) in [6.07, 6.45) is 9.35. The first kappa shape index (κ1) is 14.2. The molecule has 0 saturated carbocycles. The van der Waals surface area contributed by atoms with Crippen LogP contribution in [0.1, 0.15) is 59.8 Å². The molecule has 15 heavy (non-hydrogen) atoms. The van der Waals surface area contributed by atoms with Crippen LogP contribution in [0.2, 0.25) is 0 Å². The van der Waals surface area contributed by atoms with E-state index in [0.717, 1.165) is 12.8 Å². The molecule has 0 saturated heterocycles. The molecular weight excluding hydrogens is 188 g/mol. The molecule has 2 nitrogen and oxygen atoms in total. The highest BCUT2D eigenvalue weighted by atomic mass is 16.6. The smallest absolute Gasteiger partial charge is 0.330 e. The molecule has 0 aliphatic rings. The molecule has 2 heteroatoms. The van der Waals surface area contributed by atoms with E-state index in [-0.39, 0.29) is 11.6 Å². The van der Waals surface area contributed by atoms with Gasteiger partial charge in [0.2, 0.25) is 0 Å². The summed E-state index contributed by atoms with van der Waals surface area (Å²) < 4.78 is 5.14. The Bertz CT molecular complexity index is 199. The van der Waals surface area contributed by atoms with Crippen molar-refractivity contribution in [1.29, 1.82) is 0 Å². The predicted octanol–water partition coefficient (Wildman–Crippen LogP) is 3.85. The fourth-order valence-corrected chi connectivity index (χ4v) is 1.20. The number of carbonyl (C=O) groups excluding carboxylic acids is 1. The van der Waals surface area contributed by atoms with E-state index >= 15 is 0 Å². The van der Waals surface area contributed by atoms with Gasteiger partial charge in [-0.1, -0.05) is 32.3 Å². The van der Waals surface area contributed by atoms with Crippen LogP contribution in [0.25, 0.3) is 0 Å². The molecule has 0 aliphatic heterocycles. The normalized spacial score (nSPS) is 12.0. The van der Waals surface area contributed by atoms with Gasteiger partial charge >= 0.3 is 5.97 Å². The summed E-state index contributed by atoms with van der Waals surface area (Å²) in [5.41, 5.74) is -0.385. The van der Waals surface area contributed by atoms with Gasteiger partial charge in [-0.05, 0) is 33.6 Å². The van der Waals surface area contributed by atoms with Gasteiger partial charge in [0, 0.05) is 6.08 Å². The predicted molar refractivity (Wildman–Crippen MR) is 63.7 cm³/mol. The lowest BCUT2D eigenvalue weighted by molar-refractivity contribution is -0.148. The number of hydrogen-bond donors (Lipinski definition) is 0. The number of esters is 1. The molecule has 0 aliphatic carbocycles. The molecule has 0 aromatic heterocycles. The van der Waals surface area contributed by atoms with Gasteiger partial charge in [0.05, 0.1) is 0 Å². The van der Waals surface area contributed by atoms with Crippen LogP contribution in [-0.4, -0.2) is 11.6 Å². The monoisotopic (exact) mass is 212 g/mol. The Morgan fingerprint density at radius 2 is 1.87 bits per heavy atom. The zero-order valence-corrected chi connectivity index (χ0v) is 10.5. The fourth-order valence-electron chi connectivity index (χ4n) is 1.20. The van der Waals surface area contributed by atoms with E-state index < -0.39 is 0 Å². The van der Waals surface area contributed by atoms with Crippen LogP contribution >= 0.6 is 0 Å². The van der Waals surface area contributed by atoms with Crippen molar-refractivity contribution >= 4 is 5.97 Å². The highest BCUT2D eigenvalue weighted by Crippen LogP contribution is 2.08. The van der Waals surface area contributed by atoms with Gasteiger partial charge in [0.25, 0.3) is 0 Å². The molecule has 0 radical (unpaired) electrons. The standard InChI is InChI=1S/C13H24O2/c1-5-6-7-8-9-10-11-12(14)15-13(2,3)4/h10-11H,5-9H2,1-4H3/b11-10+. The second-order valence-corrected chi connectivity index (χ2v) is 4.79. The zero-order chi connectivity index (χ0) is 11.7. The Hall–Kier alpha value is -0.790. The average molecular weight is 212 g/mol. The van der Waals surface area contributed by atoms with E-state index in [4.69, 9.17) is 4.74 Å². The maximum Gasteiger partial charge on any atom is 0.330 e. The van der Waals surface area contributed by atoms with Gasteiger partial charge in [-0.2, -0.15) is 0 Å². The zero-order valence-electron chi connectivity index (χ0n) is 10.5. The van der Waals surface area contributed by atoms with E-state index in [9.17, 15) is 4.79 Å². The van der Waals surface area contributed by atoms with Gasteiger partial charge in [-0.25, -0.2) is 4.79 Å². The van der Waals surface area contributed by atoms with Gasteiger partial charge in [0.1, 0.15) is 5.60 Å². The lowest BCUT2D eigenvalue weighted by atomic mass is 10.1. The van der Waals surface area contributed by atoms with Crippen molar-refractivity contribution in [3.8, 4) is 0 Å². The number of allylic oxidation sites excluding steroid dienone is 1. The highest BCUT2D eigenvalue weighted by molar-refractivity contribution is 5.82. The summed E-state index contributed by atoms with van der Waals surface area (Å²) >= 11 is 0. The minimum Gasteiger partial charge on any atom is -0.457 e. The second-order valence-electron chi connectivity index (χ2n) is 4.79. The summed E-state index contributed by atoms with van der Waals surface area (Å²) in [7, 11) is 0. The molecule has 0 bridgehead atoms. The molecular formula is C13H24O2. The first-order valence-electron chi connectivity index (χ1n) is 5.85. The molecule has 0 N–H and O–H groups in total. The van der Waals surface area contributed by atoms with Crippen LogP contribution < -0.4 is 0 Å². The van der Waals surface area contributed by atoms with Crippen LogP contribution in [0.15, 0.2) is 12.2 Å². The van der Waals surface area contributed by atoms with Crippen LogP contribution in [0.4, 0.5) is 0 Å². The van der Waals surface area contributed by atoms with Crippen molar-refractivity contribution in [2.75, 3.05) is 0 Å². The third-order valence-corrected chi connectivity index (χ3v) is 1.89. The molecule has 0 fully saturated rings. The minimum atomic E-state index is -0.385. The van der Waals surface area contributed by atoms with Crippen LogP contribution in [0.3, 0.4) is 0 Å². The quantitative estimate of drug-likeness (QED) is 0.380. The van der Waals surface area contributed by atoms with Crippen LogP contribution in [-0.2, 0) is 9.53 Å². The van der Waals surface area contributed by atoms with Crippen molar-refractivity contribution in [2.45, 2.75) is 65.4 Å². The SMILES string of the molecule is CCCCCC/C=C/C(=O)OC(C)(C)C. The van der Waals surface area contributed by atoms with Crippen molar-refractivity contribution in [1.82, 2.24) is 0 Å². The number of hydrogen-bond acceptors (Lipinski definition) is 2. The maximum absolute atomic E-state index is 11.2. The molecule has 0 unspecified atom stereocenters. The largest absolute Gasteiger partial charge is 0.457 e. The number of unbranched alkanes of at least 4 members (excludes halogenated alkanes) is 4. The minimum absolute atomic E-state index is 0.238. The van der Waals surface area contributed by atoms with Crippen molar-refractivity contribution in [3.05, 3.63) is 12.2 Å². The van der Waals surface area contributed by atoms with Crippen molar-refractivity contribution in [2.24, 2.45) is 0 Å². The molecule has 0 atom stereocenters. The lowest BCUT2D eigenvalue weighted by Crippen LogP contribution is -2.22. The first-order chi connectivity index (χ1) is 6.95. The Kier molecular flexibility index (Phi) is 7.10. The summed E-state index contributed by atoms with van der Waals surface area (Å²) in [6, 6.07) is 0. The number of ether oxygens (including phenoxy) is 1. The molecule has 88 valence electrons. The lowest BCUT2D eigenvalue weighted by Gasteiger charge is -2.17. The highest BCUT2D eigenvalue weighted by Gasteiger charge is 2.13. The third-order valence-electron chi connectivity index (χ3n) is 1.89. The first-order valence-corrected chi connectivity index (χ1v) is 5.85. The van der Waals surface area contributed by atoms with Gasteiger partial charge < -0.3 is 4.74 Å². The van der Waals surface area contributed by atoms with E-state index in [1.807, 2.05) is 26.8 Å². The summed E-state index contributed by atoms with van der Waals surface area (Å²) in [5, 5.41) is 0. The number of rotatable bonds is 6. The molecule has 0 spiro atoms. The Labute approximate surface area is 93.7 Å². The van der Waals surface area contributed by atoms with Crippen molar-refractivity contribution in [3.63, 3.8) is 0 Å². The molecule has 0 amide bonds. The topological polar surface area (TPSA) is 26.3 Å². The van der Waals surface area contributed by atoms with Gasteiger partial charge in [-0.3, -0.25) is 0 Å². The van der Waals surface area contributed by atoms with E-state index in [1.165, 1.54) is 25.3 Å². The van der Waals surface area contributed by atoms with E-state index in [0.29, 0.717) is 0 Å². The Morgan fingerprint density at radius 3 is 2.40 bits per heavy atom. The van der Waals surface area contributed by atoms with Gasteiger partial charge in [-0.15, -0.1) is 0 Å². The molecule has 0 heterocycles. The molecule has 0 rings (SSSR count). The maximum atomic E-state index is 11.2. The van der Waals surface area contributed by atoms with E-state index in [1.54, 1.807) is 0 Å². The summed E-state index contributed by atoms with van der Waals surface area (Å²) in [6.45, 7) is 7.82. The third kappa shape index (κ3) is 11.1. The summed E-state index contributed by atoms with van der Waals surface area (Å²) in [5.74, 6) is -0.238. The fraction of sp³-hybridized carbons (Fsp3) is 0.769. The average Bonchev–Trinajstić information content (AvgIpc) is 2.08. The van der Waals surface area contributed by atoms with Crippen LogP contribution in [0.5, 0.6) is 0 Å². The van der Waals surface area contributed by atoms with Gasteiger partial charge in [0.15, 0.2) is 0 Å². The summed E-state index contributed by atoms with van der Waals surface area (Å²) in [4.78, 5) is 11.2. The number of carbonyl (C=O) groups is 1. The van der Waals surface area contributed by atoms with Crippen molar-refractivity contribution < 1.29 is 9.53 Å². The second kappa shape index (κ2) is 7.49. The van der Waals surface area contributed by atoms with E-state index in [2.05, 4.69) is 6.92 Å².